The van der Waals surface area contributed by atoms with Crippen LogP contribution in [0, 0.1) is 6.92 Å². The molecule has 2 N–H and O–H groups in total. The molecule has 6 rings (SSSR count). The molecular formula is C42H45N7O10. The van der Waals surface area contributed by atoms with Gasteiger partial charge in [0.05, 0.1) is 12.5 Å². The summed E-state index contributed by atoms with van der Waals surface area (Å²) in [6, 6.07) is 18.3. The third-order valence-electron chi connectivity index (χ3n) is 9.29. The summed E-state index contributed by atoms with van der Waals surface area (Å²) >= 11 is 0. The van der Waals surface area contributed by atoms with Crippen molar-refractivity contribution in [3.63, 3.8) is 0 Å². The van der Waals surface area contributed by atoms with Gasteiger partial charge in [-0.05, 0) is 67.8 Å². The number of hydrogen-bond acceptors (Lipinski definition) is 13. The molecule has 1 aliphatic heterocycles. The molecule has 3 heterocycles. The van der Waals surface area contributed by atoms with E-state index in [-0.39, 0.29) is 37.5 Å². The Labute approximate surface area is 339 Å². The number of fused-ring (bicyclic) bond motifs is 2. The van der Waals surface area contributed by atoms with Crippen molar-refractivity contribution in [2.45, 2.75) is 83.8 Å². The number of esters is 1. The number of ketones is 1. The molecule has 17 nitrogen and oxygen atoms in total. The molecule has 3 atom stereocenters. The topological polar surface area (TPSA) is 214 Å². The van der Waals surface area contributed by atoms with Gasteiger partial charge in [0.25, 0.3) is 5.91 Å². The third-order valence-corrected chi connectivity index (χ3v) is 9.29. The molecule has 59 heavy (non-hydrogen) atoms. The number of methoxy groups -OCH3 is 1. The van der Waals surface area contributed by atoms with E-state index in [9.17, 15) is 28.8 Å². The Morgan fingerprint density at radius 2 is 1.69 bits per heavy atom. The van der Waals surface area contributed by atoms with Crippen LogP contribution in [0.1, 0.15) is 61.1 Å². The molecule has 3 aromatic carbocycles. The molecule has 3 amide bonds. The van der Waals surface area contributed by atoms with Gasteiger partial charge in [-0.25, -0.2) is 4.79 Å². The van der Waals surface area contributed by atoms with Gasteiger partial charge in [0, 0.05) is 37.3 Å². The van der Waals surface area contributed by atoms with E-state index in [0.717, 1.165) is 11.5 Å². The Morgan fingerprint density at radius 3 is 2.46 bits per heavy atom. The van der Waals surface area contributed by atoms with Gasteiger partial charge in [-0.2, -0.15) is 0 Å². The quantitative estimate of drug-likeness (QED) is 0.137. The van der Waals surface area contributed by atoms with E-state index in [1.165, 1.54) is 22.9 Å². The van der Waals surface area contributed by atoms with Crippen LogP contribution in [0.5, 0.6) is 5.75 Å². The van der Waals surface area contributed by atoms with Gasteiger partial charge < -0.3 is 29.3 Å². The van der Waals surface area contributed by atoms with Gasteiger partial charge in [-0.15, -0.1) is 15.0 Å². The lowest BCUT2D eigenvalue weighted by Crippen LogP contribution is -2.57. The standard InChI is InChI=1S/C42H45N7O10/c1-25-19-28(21-37(51)58-25)57-23-35(50)32(22-38(52)59-42(2,3)4)44-40(54)34-20-27-12-7-9-16-33(27)49(34)41(55)31(17-18-36-45-47-48(46-36)24-56-5)43-39(53)30-15-10-13-26-11-6-8-14-29(26)30/h6-16,19,21,31-32,34H,17-18,20,22-24H2,1-5H3,(H,43,53)(H,44,54)/t31-,32-,34-/m0/s1. The number of para-hydroxylation sites is 1. The number of anilines is 1. The molecule has 1 aliphatic rings. The minimum Gasteiger partial charge on any atom is -0.485 e. The average molecular weight is 808 g/mol. The highest BCUT2D eigenvalue weighted by atomic mass is 16.6. The van der Waals surface area contributed by atoms with Crippen molar-refractivity contribution in [3.05, 3.63) is 112 Å². The maximum atomic E-state index is 14.9. The van der Waals surface area contributed by atoms with Crippen LogP contribution in [0.3, 0.4) is 0 Å². The van der Waals surface area contributed by atoms with Crippen molar-refractivity contribution in [1.29, 1.82) is 0 Å². The number of aryl methyl sites for hydroxylation is 2. The monoisotopic (exact) mass is 807 g/mol. The molecule has 0 saturated heterocycles. The summed E-state index contributed by atoms with van der Waals surface area (Å²) in [7, 11) is 1.48. The van der Waals surface area contributed by atoms with Crippen LogP contribution in [0.4, 0.5) is 5.69 Å². The summed E-state index contributed by atoms with van der Waals surface area (Å²) in [5.74, 6) is -2.71. The fourth-order valence-electron chi connectivity index (χ4n) is 6.75. The summed E-state index contributed by atoms with van der Waals surface area (Å²) in [5.41, 5.74) is -0.130. The van der Waals surface area contributed by atoms with Crippen molar-refractivity contribution in [2.75, 3.05) is 18.6 Å². The molecule has 0 radical (unpaired) electrons. The number of Topliss-reactive ketones (excluding diaryl/α,β-unsaturated/α-hetero) is 1. The maximum absolute atomic E-state index is 14.9. The number of benzene rings is 3. The summed E-state index contributed by atoms with van der Waals surface area (Å²) in [6.45, 7) is 5.98. The van der Waals surface area contributed by atoms with Crippen LogP contribution in [0.2, 0.25) is 0 Å². The summed E-state index contributed by atoms with van der Waals surface area (Å²) in [5, 5.41) is 19.4. The fourth-order valence-corrected chi connectivity index (χ4v) is 6.75. The zero-order valence-electron chi connectivity index (χ0n) is 33.3. The van der Waals surface area contributed by atoms with Crippen molar-refractivity contribution < 1.29 is 42.6 Å². The highest BCUT2D eigenvalue weighted by Crippen LogP contribution is 2.33. The second-order valence-electron chi connectivity index (χ2n) is 15.0. The molecular weight excluding hydrogens is 763 g/mol. The van der Waals surface area contributed by atoms with E-state index in [2.05, 4.69) is 26.0 Å². The highest BCUT2D eigenvalue weighted by Gasteiger charge is 2.42. The molecule has 0 saturated carbocycles. The molecule has 2 aromatic heterocycles. The number of nitrogens with one attached hydrogen (secondary N) is 2. The van der Waals surface area contributed by atoms with E-state index in [0.29, 0.717) is 28.0 Å². The minimum absolute atomic E-state index is 0.0232. The first-order valence-corrected chi connectivity index (χ1v) is 18.9. The van der Waals surface area contributed by atoms with Crippen LogP contribution >= 0.6 is 0 Å². The number of amides is 3. The van der Waals surface area contributed by atoms with Crippen molar-refractivity contribution in [2.24, 2.45) is 0 Å². The SMILES string of the molecule is COCn1nnc(CC[C@H](NC(=O)c2cccc3ccccc23)C(=O)N2c3ccccc3C[C@H]2C(=O)N[C@@H](CC(=O)OC(C)(C)C)C(=O)COc2cc(C)oc(=O)c2)n1. The fraction of sp³-hybridized carbons (Fsp3) is 0.357. The Kier molecular flexibility index (Phi) is 12.9. The highest BCUT2D eigenvalue weighted by molar-refractivity contribution is 6.11. The number of tetrazole rings is 1. The Balaban J connectivity index is 1.29. The van der Waals surface area contributed by atoms with Gasteiger partial charge >= 0.3 is 11.6 Å². The smallest absolute Gasteiger partial charge is 0.339 e. The molecule has 308 valence electrons. The van der Waals surface area contributed by atoms with Gasteiger partial charge in [0.1, 0.15) is 41.8 Å². The largest absolute Gasteiger partial charge is 0.485 e. The number of rotatable bonds is 16. The zero-order chi connectivity index (χ0) is 42.3. The van der Waals surface area contributed by atoms with Crippen LogP contribution in [-0.4, -0.2) is 87.1 Å². The van der Waals surface area contributed by atoms with Gasteiger partial charge in [0.2, 0.25) is 11.8 Å². The molecule has 17 heteroatoms. The minimum atomic E-state index is -1.44. The lowest BCUT2D eigenvalue weighted by molar-refractivity contribution is -0.156. The van der Waals surface area contributed by atoms with E-state index < -0.39 is 71.9 Å². The lowest BCUT2D eigenvalue weighted by Gasteiger charge is -2.30. The zero-order valence-corrected chi connectivity index (χ0v) is 33.3. The molecule has 0 unspecified atom stereocenters. The van der Waals surface area contributed by atoms with E-state index in [1.54, 1.807) is 64.1 Å². The Morgan fingerprint density at radius 1 is 0.949 bits per heavy atom. The number of nitrogens with zero attached hydrogens (tertiary/aromatic N) is 5. The number of ether oxygens (including phenoxy) is 3. The number of carbonyl (C=O) groups excluding carboxylic acids is 5. The molecule has 0 fully saturated rings. The summed E-state index contributed by atoms with van der Waals surface area (Å²) in [6.07, 6.45) is -0.337. The lowest BCUT2D eigenvalue weighted by atomic mass is 10.0. The van der Waals surface area contributed by atoms with Crippen LogP contribution < -0.4 is 25.9 Å². The third kappa shape index (κ3) is 10.6. The molecule has 5 aromatic rings. The first-order chi connectivity index (χ1) is 28.2. The predicted molar refractivity (Wildman–Crippen MR) is 212 cm³/mol. The number of hydrogen-bond donors (Lipinski definition) is 2. The van der Waals surface area contributed by atoms with E-state index >= 15 is 0 Å². The molecule has 0 spiro atoms. The average Bonchev–Trinajstić information content (AvgIpc) is 3.81. The van der Waals surface area contributed by atoms with E-state index in [4.69, 9.17) is 18.6 Å². The van der Waals surface area contributed by atoms with Crippen molar-refractivity contribution in [3.8, 4) is 5.75 Å². The second kappa shape index (κ2) is 18.2. The van der Waals surface area contributed by atoms with E-state index in [1.807, 2.05) is 30.3 Å². The number of carbonyl (C=O) groups is 5. The van der Waals surface area contributed by atoms with Gasteiger partial charge in [-0.1, -0.05) is 54.6 Å². The van der Waals surface area contributed by atoms with Crippen LogP contribution in [0.15, 0.2) is 88.1 Å². The van der Waals surface area contributed by atoms with Crippen molar-refractivity contribution >= 4 is 45.9 Å². The maximum Gasteiger partial charge on any atom is 0.339 e. The number of aromatic nitrogens is 4. The van der Waals surface area contributed by atoms with Gasteiger partial charge in [0.15, 0.2) is 18.3 Å². The second-order valence-corrected chi connectivity index (χ2v) is 15.0. The molecule has 0 bridgehead atoms. The normalized spacial score (nSPS) is 14.6. The summed E-state index contributed by atoms with van der Waals surface area (Å²) < 4.78 is 21.1. The first-order valence-electron chi connectivity index (χ1n) is 18.9. The predicted octanol–water partition coefficient (Wildman–Crippen LogP) is 3.25. The van der Waals surface area contributed by atoms with Gasteiger partial charge in [-0.3, -0.25) is 28.9 Å². The first kappa shape index (κ1) is 41.9. The van der Waals surface area contributed by atoms with Crippen molar-refractivity contribution in [1.82, 2.24) is 30.8 Å². The Hall–Kier alpha value is -6.75. The van der Waals surface area contributed by atoms with Crippen LogP contribution in [0.25, 0.3) is 10.8 Å². The summed E-state index contributed by atoms with van der Waals surface area (Å²) in [4.78, 5) is 84.5. The van der Waals surface area contributed by atoms with Crippen LogP contribution in [-0.2, 0) is 48.2 Å². The Bertz CT molecular complexity index is 2420. The molecule has 0 aliphatic carbocycles.